The average molecular weight is 456 g/mol. The van der Waals surface area contributed by atoms with Crippen molar-refractivity contribution in [1.82, 2.24) is 25.1 Å². The predicted octanol–water partition coefficient (Wildman–Crippen LogP) is 3.84. The fourth-order valence-corrected chi connectivity index (χ4v) is 5.05. The summed E-state index contributed by atoms with van der Waals surface area (Å²) in [6.07, 6.45) is 4.82. The van der Waals surface area contributed by atoms with Crippen LogP contribution in [0.1, 0.15) is 52.5 Å². The van der Waals surface area contributed by atoms with Crippen molar-refractivity contribution in [2.24, 2.45) is 0 Å². The van der Waals surface area contributed by atoms with Crippen LogP contribution in [0, 0.1) is 13.8 Å². The highest BCUT2D eigenvalue weighted by molar-refractivity contribution is 7.12. The normalized spacial score (nSPS) is 18.0. The van der Waals surface area contributed by atoms with Gasteiger partial charge in [-0.25, -0.2) is 9.97 Å². The maximum Gasteiger partial charge on any atom is 0.255 e. The third kappa shape index (κ3) is 4.74. The molecule has 1 saturated heterocycles. The number of thiophene rings is 1. The third-order valence-corrected chi connectivity index (χ3v) is 6.54. The summed E-state index contributed by atoms with van der Waals surface area (Å²) in [5.74, 6) is 0.232. The first kappa shape index (κ1) is 22.6. The molecule has 0 bridgehead atoms. The van der Waals surface area contributed by atoms with Crippen LogP contribution < -0.4 is 5.32 Å². The second kappa shape index (κ2) is 9.09. The molecule has 0 aromatic carbocycles. The number of amides is 1. The van der Waals surface area contributed by atoms with Gasteiger partial charge < -0.3 is 14.8 Å². The zero-order valence-corrected chi connectivity index (χ0v) is 20.0. The lowest BCUT2D eigenvalue weighted by Crippen LogP contribution is -2.45. The van der Waals surface area contributed by atoms with Gasteiger partial charge in [-0.05, 0) is 52.7 Å². The summed E-state index contributed by atoms with van der Waals surface area (Å²) in [5.41, 5.74) is 2.74. The molecule has 0 spiro atoms. The number of carbonyl (C=O) groups is 1. The number of carbonyl (C=O) groups excluding carboxylic acids is 1. The number of hydrogen-bond acceptors (Lipinski definition) is 7. The van der Waals surface area contributed by atoms with E-state index in [0.717, 1.165) is 24.1 Å². The number of ether oxygens (including phenoxy) is 2. The summed E-state index contributed by atoms with van der Waals surface area (Å²) in [7, 11) is 1.59. The molecule has 1 fully saturated rings. The second-order valence-electron chi connectivity index (χ2n) is 8.69. The van der Waals surface area contributed by atoms with E-state index in [9.17, 15) is 4.79 Å². The van der Waals surface area contributed by atoms with Crippen molar-refractivity contribution in [3.05, 3.63) is 45.5 Å². The Morgan fingerprint density at radius 2 is 2.22 bits per heavy atom. The minimum absolute atomic E-state index is 0.0504. The zero-order chi connectivity index (χ0) is 22.9. The largest absolute Gasteiger partial charge is 0.378 e. The number of nitrogens with zero attached hydrogens (tertiary/aromatic N) is 4. The number of hydrogen-bond donors (Lipinski definition) is 1. The molecule has 4 rings (SSSR count). The number of aromatic nitrogens is 4. The van der Waals surface area contributed by atoms with Crippen LogP contribution in [0.3, 0.4) is 0 Å². The standard InChI is InChI=1S/C23H29N5O3S/c1-14-10-17(15(2)32-14)19-6-8-24-22(27-19)28-20(13-30-5)18(12-25-28)21(29)26-16-7-9-31-23(3,4)11-16/h6,8,10,12,16H,7,9,11,13H2,1-5H3,(H,26,29)/t16-/m1/s1. The quantitative estimate of drug-likeness (QED) is 0.607. The fourth-order valence-electron chi connectivity index (χ4n) is 4.12. The summed E-state index contributed by atoms with van der Waals surface area (Å²) >= 11 is 1.74. The first-order chi connectivity index (χ1) is 15.3. The molecule has 1 N–H and O–H groups in total. The Balaban J connectivity index is 1.63. The van der Waals surface area contributed by atoms with Crippen LogP contribution in [-0.4, -0.2) is 51.0 Å². The van der Waals surface area contributed by atoms with Gasteiger partial charge in [0.1, 0.15) is 0 Å². The molecule has 0 aliphatic carbocycles. The highest BCUT2D eigenvalue weighted by Crippen LogP contribution is 2.29. The van der Waals surface area contributed by atoms with Crippen LogP contribution in [0.15, 0.2) is 24.5 Å². The third-order valence-electron chi connectivity index (χ3n) is 5.58. The van der Waals surface area contributed by atoms with Crippen molar-refractivity contribution in [2.45, 2.75) is 58.8 Å². The molecular weight excluding hydrogens is 426 g/mol. The lowest BCUT2D eigenvalue weighted by molar-refractivity contribution is -0.0615. The van der Waals surface area contributed by atoms with Crippen molar-refractivity contribution >= 4 is 17.2 Å². The predicted molar refractivity (Wildman–Crippen MR) is 123 cm³/mol. The summed E-state index contributed by atoms with van der Waals surface area (Å²) < 4.78 is 12.7. The van der Waals surface area contributed by atoms with Crippen LogP contribution in [0.5, 0.6) is 0 Å². The van der Waals surface area contributed by atoms with Crippen molar-refractivity contribution in [3.63, 3.8) is 0 Å². The maximum absolute atomic E-state index is 13.1. The Morgan fingerprint density at radius 3 is 2.91 bits per heavy atom. The van der Waals surface area contributed by atoms with E-state index >= 15 is 0 Å². The Morgan fingerprint density at radius 1 is 1.41 bits per heavy atom. The summed E-state index contributed by atoms with van der Waals surface area (Å²) in [4.78, 5) is 24.7. The van der Waals surface area contributed by atoms with E-state index in [1.165, 1.54) is 9.75 Å². The molecule has 32 heavy (non-hydrogen) atoms. The van der Waals surface area contributed by atoms with Crippen LogP contribution in [0.2, 0.25) is 0 Å². The van der Waals surface area contributed by atoms with Gasteiger partial charge in [0.15, 0.2) is 0 Å². The van der Waals surface area contributed by atoms with Gasteiger partial charge in [0, 0.05) is 41.3 Å². The molecule has 0 unspecified atom stereocenters. The van der Waals surface area contributed by atoms with Crippen LogP contribution in [0.25, 0.3) is 17.2 Å². The Bertz CT molecular complexity index is 1120. The molecule has 4 heterocycles. The Hall–Kier alpha value is -2.62. The highest BCUT2D eigenvalue weighted by atomic mass is 32.1. The SMILES string of the molecule is COCc1c(C(=O)N[C@@H]2CCOC(C)(C)C2)cnn1-c1nccc(-c2cc(C)sc2C)n1. The molecule has 3 aromatic rings. The molecule has 170 valence electrons. The van der Waals surface area contributed by atoms with E-state index < -0.39 is 0 Å². The Kier molecular flexibility index (Phi) is 6.41. The van der Waals surface area contributed by atoms with E-state index in [4.69, 9.17) is 14.5 Å². The molecule has 0 radical (unpaired) electrons. The minimum Gasteiger partial charge on any atom is -0.378 e. The molecule has 3 aromatic heterocycles. The molecule has 1 amide bonds. The van der Waals surface area contributed by atoms with E-state index in [0.29, 0.717) is 23.8 Å². The van der Waals surface area contributed by atoms with E-state index in [1.54, 1.807) is 35.5 Å². The van der Waals surface area contributed by atoms with Gasteiger partial charge in [0.2, 0.25) is 0 Å². The van der Waals surface area contributed by atoms with Gasteiger partial charge in [0.25, 0.3) is 11.9 Å². The fraction of sp³-hybridized carbons (Fsp3) is 0.478. The Labute approximate surface area is 192 Å². The van der Waals surface area contributed by atoms with Gasteiger partial charge in [-0.2, -0.15) is 9.78 Å². The lowest BCUT2D eigenvalue weighted by atomic mass is 9.94. The molecule has 1 aliphatic rings. The molecule has 9 heteroatoms. The lowest BCUT2D eigenvalue weighted by Gasteiger charge is -2.35. The van der Waals surface area contributed by atoms with Crippen molar-refractivity contribution in [1.29, 1.82) is 0 Å². The monoisotopic (exact) mass is 455 g/mol. The topological polar surface area (TPSA) is 91.2 Å². The van der Waals surface area contributed by atoms with Crippen molar-refractivity contribution in [3.8, 4) is 17.2 Å². The number of methoxy groups -OCH3 is 1. The van der Waals surface area contributed by atoms with E-state index in [1.807, 2.05) is 19.9 Å². The summed E-state index contributed by atoms with van der Waals surface area (Å²) in [6, 6.07) is 4.06. The summed E-state index contributed by atoms with van der Waals surface area (Å²) in [5, 5.41) is 7.57. The van der Waals surface area contributed by atoms with Gasteiger partial charge >= 0.3 is 0 Å². The van der Waals surface area contributed by atoms with Gasteiger partial charge in [-0.3, -0.25) is 4.79 Å². The van der Waals surface area contributed by atoms with Crippen molar-refractivity contribution in [2.75, 3.05) is 13.7 Å². The van der Waals surface area contributed by atoms with E-state index in [2.05, 4.69) is 35.3 Å². The minimum atomic E-state index is -0.248. The molecule has 0 saturated carbocycles. The molecule has 8 nitrogen and oxygen atoms in total. The molecular formula is C23H29N5O3S. The van der Waals surface area contributed by atoms with Crippen molar-refractivity contribution < 1.29 is 14.3 Å². The maximum atomic E-state index is 13.1. The number of nitrogens with one attached hydrogen (secondary N) is 1. The summed E-state index contributed by atoms with van der Waals surface area (Å²) in [6.45, 7) is 9.09. The second-order valence-corrected chi connectivity index (χ2v) is 10.2. The first-order valence-electron chi connectivity index (χ1n) is 10.7. The smallest absolute Gasteiger partial charge is 0.255 e. The molecule has 1 atom stereocenters. The molecule has 1 aliphatic heterocycles. The highest BCUT2D eigenvalue weighted by Gasteiger charge is 2.31. The first-order valence-corrected chi connectivity index (χ1v) is 11.5. The zero-order valence-electron chi connectivity index (χ0n) is 19.1. The van der Waals surface area contributed by atoms with Crippen LogP contribution in [-0.2, 0) is 16.1 Å². The average Bonchev–Trinajstić information content (AvgIpc) is 3.30. The van der Waals surface area contributed by atoms with Gasteiger partial charge in [-0.1, -0.05) is 0 Å². The van der Waals surface area contributed by atoms with Gasteiger partial charge in [0.05, 0.1) is 35.4 Å². The van der Waals surface area contributed by atoms with E-state index in [-0.39, 0.29) is 24.2 Å². The number of rotatable bonds is 6. The van der Waals surface area contributed by atoms with Gasteiger partial charge in [-0.15, -0.1) is 11.3 Å². The van der Waals surface area contributed by atoms with Crippen LogP contribution >= 0.6 is 11.3 Å². The number of aryl methyl sites for hydroxylation is 2. The van der Waals surface area contributed by atoms with Crippen LogP contribution in [0.4, 0.5) is 0 Å².